The second-order valence-corrected chi connectivity index (χ2v) is 5.70. The zero-order valence-corrected chi connectivity index (χ0v) is 12.1. The monoisotopic (exact) mass is 305 g/mol. The smallest absolute Gasteiger partial charge is 0.389 e. The van der Waals surface area contributed by atoms with Crippen molar-refractivity contribution in [1.82, 2.24) is 4.98 Å². The number of nitrogens with zero attached hydrogens (tertiary/aromatic N) is 1. The highest BCUT2D eigenvalue weighted by Gasteiger charge is 2.26. The Labute approximate surface area is 121 Å². The number of carboxylic acids is 1. The van der Waals surface area contributed by atoms with Crippen LogP contribution in [0.2, 0.25) is 0 Å². The van der Waals surface area contributed by atoms with Gasteiger partial charge in [0.15, 0.2) is 0 Å². The van der Waals surface area contributed by atoms with E-state index in [4.69, 9.17) is 9.84 Å². The van der Waals surface area contributed by atoms with Crippen LogP contribution in [0.3, 0.4) is 0 Å². The maximum Gasteiger partial charge on any atom is 0.389 e. The number of alkyl halides is 3. The maximum atomic E-state index is 12.0. The van der Waals surface area contributed by atoms with Gasteiger partial charge < -0.3 is 9.84 Å². The first-order valence-corrected chi connectivity index (χ1v) is 6.44. The van der Waals surface area contributed by atoms with Gasteiger partial charge in [0, 0.05) is 17.9 Å². The lowest BCUT2D eigenvalue weighted by Gasteiger charge is -2.19. The number of aromatic nitrogens is 1. The number of pyridine rings is 1. The molecule has 0 aliphatic rings. The van der Waals surface area contributed by atoms with Crippen molar-refractivity contribution in [3.63, 3.8) is 0 Å². The number of aromatic carboxylic acids is 1. The molecule has 4 nitrogen and oxygen atoms in total. The molecule has 1 rings (SSSR count). The van der Waals surface area contributed by atoms with Crippen molar-refractivity contribution in [2.24, 2.45) is 0 Å². The molecule has 0 aliphatic carbocycles. The lowest BCUT2D eigenvalue weighted by molar-refractivity contribution is -0.136. The molecule has 1 N–H and O–H groups in total. The molecule has 1 heterocycles. The molecule has 0 unspecified atom stereocenters. The number of hydrogen-bond acceptors (Lipinski definition) is 3. The molecule has 0 amide bonds. The topological polar surface area (TPSA) is 59.4 Å². The van der Waals surface area contributed by atoms with Crippen LogP contribution in [-0.4, -0.2) is 28.8 Å². The summed E-state index contributed by atoms with van der Waals surface area (Å²) < 4.78 is 41.2. The average Bonchev–Trinajstić information content (AvgIpc) is 2.32. The fraction of sp³-hybridized carbons (Fsp3) is 0.571. The standard InChI is InChI=1S/C14H18F3NO3/c1-13(2,3)10-7-9(12(19)20)8-11(18-10)21-6-4-5-14(15,16)17/h7-8H,4-6H2,1-3H3,(H,19,20). The highest BCUT2D eigenvalue weighted by molar-refractivity contribution is 5.88. The van der Waals surface area contributed by atoms with Gasteiger partial charge in [-0.25, -0.2) is 9.78 Å². The van der Waals surface area contributed by atoms with E-state index in [1.54, 1.807) is 0 Å². The summed E-state index contributed by atoms with van der Waals surface area (Å²) >= 11 is 0. The molecule has 0 aliphatic heterocycles. The van der Waals surface area contributed by atoms with Crippen molar-refractivity contribution in [2.45, 2.75) is 45.2 Å². The van der Waals surface area contributed by atoms with Crippen LogP contribution in [0.25, 0.3) is 0 Å². The first-order valence-electron chi connectivity index (χ1n) is 6.44. The van der Waals surface area contributed by atoms with Crippen molar-refractivity contribution < 1.29 is 27.8 Å². The highest BCUT2D eigenvalue weighted by atomic mass is 19.4. The van der Waals surface area contributed by atoms with Gasteiger partial charge in [0.05, 0.1) is 17.9 Å². The van der Waals surface area contributed by atoms with Crippen LogP contribution in [0, 0.1) is 0 Å². The molecule has 0 atom stereocenters. The molecule has 1 aromatic heterocycles. The molecule has 7 heteroatoms. The maximum absolute atomic E-state index is 12.0. The molecule has 0 radical (unpaired) electrons. The Hall–Kier alpha value is -1.79. The van der Waals surface area contributed by atoms with Gasteiger partial charge in [0.25, 0.3) is 0 Å². The summed E-state index contributed by atoms with van der Waals surface area (Å²) in [6, 6.07) is 2.65. The van der Waals surface area contributed by atoms with E-state index in [-0.39, 0.29) is 24.5 Å². The molecule has 0 fully saturated rings. The summed E-state index contributed by atoms with van der Waals surface area (Å²) in [5.74, 6) is -1.11. The minimum absolute atomic E-state index is 0.000691. The largest absolute Gasteiger partial charge is 0.478 e. The van der Waals surface area contributed by atoms with Crippen LogP contribution in [0.5, 0.6) is 5.88 Å². The molecule has 0 aromatic carbocycles. The number of carbonyl (C=O) groups is 1. The molecule has 1 aromatic rings. The quantitative estimate of drug-likeness (QED) is 0.841. The Bertz CT molecular complexity index is 507. The first-order chi connectivity index (χ1) is 9.49. The Morgan fingerprint density at radius 3 is 2.38 bits per heavy atom. The fourth-order valence-corrected chi connectivity index (χ4v) is 1.54. The van der Waals surface area contributed by atoms with E-state index in [0.29, 0.717) is 5.69 Å². The van der Waals surface area contributed by atoms with Crippen LogP contribution in [0.4, 0.5) is 13.2 Å². The SMILES string of the molecule is CC(C)(C)c1cc(C(=O)O)cc(OCCCC(F)(F)F)n1. The van der Waals surface area contributed by atoms with Gasteiger partial charge in [0.1, 0.15) is 0 Å². The van der Waals surface area contributed by atoms with E-state index >= 15 is 0 Å². The molecular weight excluding hydrogens is 287 g/mol. The van der Waals surface area contributed by atoms with E-state index in [1.807, 2.05) is 20.8 Å². The number of carboxylic acid groups (broad SMARTS) is 1. The van der Waals surface area contributed by atoms with Gasteiger partial charge in [0.2, 0.25) is 5.88 Å². The van der Waals surface area contributed by atoms with E-state index in [0.717, 1.165) is 0 Å². The van der Waals surface area contributed by atoms with Crippen LogP contribution < -0.4 is 4.74 Å². The third kappa shape index (κ3) is 6.01. The first kappa shape index (κ1) is 17.3. The van der Waals surface area contributed by atoms with Crippen molar-refractivity contribution in [1.29, 1.82) is 0 Å². The van der Waals surface area contributed by atoms with E-state index in [2.05, 4.69) is 4.98 Å². The lowest BCUT2D eigenvalue weighted by atomic mass is 9.91. The minimum atomic E-state index is -4.23. The molecule has 118 valence electrons. The zero-order chi connectivity index (χ0) is 16.3. The second-order valence-electron chi connectivity index (χ2n) is 5.70. The highest BCUT2D eigenvalue weighted by Crippen LogP contribution is 2.25. The van der Waals surface area contributed by atoms with Gasteiger partial charge in [-0.2, -0.15) is 13.2 Å². The summed E-state index contributed by atoms with van der Waals surface area (Å²) in [7, 11) is 0. The predicted octanol–water partition coefficient (Wildman–Crippen LogP) is 3.80. The van der Waals surface area contributed by atoms with Crippen LogP contribution in [-0.2, 0) is 5.41 Å². The number of hydrogen-bond donors (Lipinski definition) is 1. The van der Waals surface area contributed by atoms with Crippen molar-refractivity contribution in [3.8, 4) is 5.88 Å². The summed E-state index contributed by atoms with van der Waals surface area (Å²) in [5.41, 5.74) is 0.115. The van der Waals surface area contributed by atoms with Gasteiger partial charge in [-0.3, -0.25) is 0 Å². The minimum Gasteiger partial charge on any atom is -0.478 e. The fourth-order valence-electron chi connectivity index (χ4n) is 1.54. The van der Waals surface area contributed by atoms with Gasteiger partial charge in [-0.1, -0.05) is 20.8 Å². The lowest BCUT2D eigenvalue weighted by Crippen LogP contribution is -2.16. The Balaban J connectivity index is 2.82. The molecule has 21 heavy (non-hydrogen) atoms. The summed E-state index contributed by atoms with van der Waals surface area (Å²) in [5, 5.41) is 9.05. The Kier molecular flexibility index (Phi) is 5.20. The van der Waals surface area contributed by atoms with Crippen molar-refractivity contribution in [3.05, 3.63) is 23.4 Å². The number of halogens is 3. The second kappa shape index (κ2) is 6.32. The Morgan fingerprint density at radius 2 is 1.90 bits per heavy atom. The number of ether oxygens (including phenoxy) is 1. The molecular formula is C14H18F3NO3. The van der Waals surface area contributed by atoms with Crippen LogP contribution >= 0.6 is 0 Å². The van der Waals surface area contributed by atoms with Crippen LogP contribution in [0.1, 0.15) is 49.7 Å². The molecule has 0 saturated carbocycles. The van der Waals surface area contributed by atoms with E-state index < -0.39 is 24.0 Å². The third-order valence-electron chi connectivity index (χ3n) is 2.67. The third-order valence-corrected chi connectivity index (χ3v) is 2.67. The summed E-state index contributed by atoms with van der Waals surface area (Å²) in [4.78, 5) is 15.2. The normalized spacial score (nSPS) is 12.3. The average molecular weight is 305 g/mol. The van der Waals surface area contributed by atoms with Gasteiger partial charge >= 0.3 is 12.1 Å². The predicted molar refractivity (Wildman–Crippen MR) is 70.7 cm³/mol. The molecule has 0 bridgehead atoms. The van der Waals surface area contributed by atoms with Crippen molar-refractivity contribution in [2.75, 3.05) is 6.61 Å². The Morgan fingerprint density at radius 1 is 1.29 bits per heavy atom. The molecule has 0 spiro atoms. The van der Waals surface area contributed by atoms with Crippen LogP contribution in [0.15, 0.2) is 12.1 Å². The van der Waals surface area contributed by atoms with Gasteiger partial charge in [-0.15, -0.1) is 0 Å². The van der Waals surface area contributed by atoms with E-state index in [9.17, 15) is 18.0 Å². The number of rotatable bonds is 5. The van der Waals surface area contributed by atoms with Crippen molar-refractivity contribution >= 4 is 5.97 Å². The molecule has 0 saturated heterocycles. The summed E-state index contributed by atoms with van der Waals surface area (Å²) in [6.07, 6.45) is -5.37. The van der Waals surface area contributed by atoms with Gasteiger partial charge in [-0.05, 0) is 12.5 Å². The summed E-state index contributed by atoms with van der Waals surface area (Å²) in [6.45, 7) is 5.40. The van der Waals surface area contributed by atoms with E-state index in [1.165, 1.54) is 12.1 Å². The zero-order valence-electron chi connectivity index (χ0n) is 12.1.